The molecule has 0 bridgehead atoms. The van der Waals surface area contributed by atoms with Crippen LogP contribution in [0.4, 0.5) is 14.5 Å². The van der Waals surface area contributed by atoms with Gasteiger partial charge in [0.25, 0.3) is 0 Å². The van der Waals surface area contributed by atoms with E-state index < -0.39 is 6.61 Å². The lowest BCUT2D eigenvalue weighted by molar-refractivity contribution is -0.0493. The monoisotopic (exact) mass is 277 g/mol. The van der Waals surface area contributed by atoms with Gasteiger partial charge in [-0.3, -0.25) is 0 Å². The number of benzene rings is 1. The van der Waals surface area contributed by atoms with E-state index in [4.69, 9.17) is 4.74 Å². The lowest BCUT2D eigenvalue weighted by Gasteiger charge is -2.13. The molecule has 0 saturated carbocycles. The van der Waals surface area contributed by atoms with Gasteiger partial charge in [-0.1, -0.05) is 0 Å². The second kappa shape index (κ2) is 8.02. The molecular weight excluding hydrogens is 260 g/mol. The Morgan fingerprint density at radius 1 is 1.39 bits per heavy atom. The van der Waals surface area contributed by atoms with E-state index in [-0.39, 0.29) is 5.75 Å². The van der Waals surface area contributed by atoms with Crippen LogP contribution >= 0.6 is 11.8 Å². The molecule has 1 rings (SSSR count). The summed E-state index contributed by atoms with van der Waals surface area (Å²) in [6, 6.07) is 4.71. The first-order valence-corrected chi connectivity index (χ1v) is 6.92. The van der Waals surface area contributed by atoms with Gasteiger partial charge in [0.1, 0.15) is 11.5 Å². The van der Waals surface area contributed by atoms with Crippen LogP contribution in [0.1, 0.15) is 6.42 Å². The molecule has 1 aromatic carbocycles. The fourth-order valence-electron chi connectivity index (χ4n) is 1.41. The summed E-state index contributed by atoms with van der Waals surface area (Å²) >= 11 is 1.74. The number of hydrogen-bond donors (Lipinski definition) is 1. The maximum absolute atomic E-state index is 12.2. The zero-order chi connectivity index (χ0) is 13.4. The van der Waals surface area contributed by atoms with Crippen molar-refractivity contribution in [1.82, 2.24) is 0 Å². The van der Waals surface area contributed by atoms with Crippen molar-refractivity contribution in [2.45, 2.75) is 13.0 Å². The van der Waals surface area contributed by atoms with Crippen molar-refractivity contribution in [1.29, 1.82) is 0 Å². The summed E-state index contributed by atoms with van der Waals surface area (Å²) < 4.78 is 34.0. The van der Waals surface area contributed by atoms with Crippen LogP contribution < -0.4 is 14.8 Å². The third kappa shape index (κ3) is 5.00. The quantitative estimate of drug-likeness (QED) is 0.737. The number of nitrogens with one attached hydrogen (secondary N) is 1. The first-order valence-electron chi connectivity index (χ1n) is 5.53. The lowest BCUT2D eigenvalue weighted by atomic mass is 10.2. The largest absolute Gasteiger partial charge is 0.497 e. The minimum atomic E-state index is -2.83. The highest BCUT2D eigenvalue weighted by Gasteiger charge is 2.10. The molecule has 18 heavy (non-hydrogen) atoms. The third-order valence-electron chi connectivity index (χ3n) is 2.24. The Labute approximate surface area is 110 Å². The van der Waals surface area contributed by atoms with Crippen LogP contribution in [0.2, 0.25) is 0 Å². The van der Waals surface area contributed by atoms with Gasteiger partial charge in [-0.25, -0.2) is 0 Å². The summed E-state index contributed by atoms with van der Waals surface area (Å²) in [5.41, 5.74) is 0.524. The van der Waals surface area contributed by atoms with Gasteiger partial charge in [-0.2, -0.15) is 20.5 Å². The number of halogens is 2. The Hall–Kier alpha value is -1.17. The number of hydrogen-bond acceptors (Lipinski definition) is 4. The van der Waals surface area contributed by atoms with E-state index in [0.29, 0.717) is 18.0 Å². The molecule has 1 aromatic rings. The van der Waals surface area contributed by atoms with E-state index in [9.17, 15) is 8.78 Å². The van der Waals surface area contributed by atoms with Gasteiger partial charge in [0.15, 0.2) is 0 Å². The number of methoxy groups -OCH3 is 1. The van der Waals surface area contributed by atoms with Crippen LogP contribution in [0.3, 0.4) is 0 Å². The summed E-state index contributed by atoms with van der Waals surface area (Å²) in [6.07, 6.45) is 2.98. The highest BCUT2D eigenvalue weighted by atomic mass is 32.2. The van der Waals surface area contributed by atoms with Crippen molar-refractivity contribution in [3.8, 4) is 11.5 Å². The Morgan fingerprint density at radius 2 is 2.17 bits per heavy atom. The van der Waals surface area contributed by atoms with Crippen molar-refractivity contribution < 1.29 is 18.3 Å². The highest BCUT2D eigenvalue weighted by molar-refractivity contribution is 7.98. The van der Waals surface area contributed by atoms with E-state index in [1.165, 1.54) is 13.2 Å². The first-order chi connectivity index (χ1) is 8.67. The molecule has 0 aromatic heterocycles. The zero-order valence-electron chi connectivity index (χ0n) is 10.4. The van der Waals surface area contributed by atoms with Gasteiger partial charge in [0, 0.05) is 12.6 Å². The second-order valence-corrected chi connectivity index (χ2v) is 4.50. The van der Waals surface area contributed by atoms with Gasteiger partial charge < -0.3 is 14.8 Å². The summed E-state index contributed by atoms with van der Waals surface area (Å²) in [5, 5.41) is 3.08. The maximum atomic E-state index is 12.2. The molecule has 102 valence electrons. The number of anilines is 1. The Morgan fingerprint density at radius 3 is 2.78 bits per heavy atom. The smallest absolute Gasteiger partial charge is 0.387 e. The molecule has 0 spiro atoms. The average molecular weight is 277 g/mol. The molecule has 1 N–H and O–H groups in total. The molecular formula is C12H17F2NO2S. The fraction of sp³-hybridized carbons (Fsp3) is 0.500. The third-order valence-corrected chi connectivity index (χ3v) is 2.94. The van der Waals surface area contributed by atoms with Crippen molar-refractivity contribution in [2.75, 3.05) is 31.0 Å². The first kappa shape index (κ1) is 14.9. The molecule has 3 nitrogen and oxygen atoms in total. The fourth-order valence-corrected chi connectivity index (χ4v) is 1.85. The van der Waals surface area contributed by atoms with E-state index >= 15 is 0 Å². The molecule has 0 amide bonds. The second-order valence-electron chi connectivity index (χ2n) is 3.51. The van der Waals surface area contributed by atoms with E-state index in [2.05, 4.69) is 10.1 Å². The molecule has 0 aliphatic heterocycles. The number of thioether (sulfide) groups is 1. The molecule has 0 atom stereocenters. The summed E-state index contributed by atoms with van der Waals surface area (Å²) in [6.45, 7) is -2.13. The minimum absolute atomic E-state index is 0.134. The SMILES string of the molecule is COc1ccc(OC(F)F)c(NCCCSC)c1. The minimum Gasteiger partial charge on any atom is -0.497 e. The van der Waals surface area contributed by atoms with Gasteiger partial charge in [-0.15, -0.1) is 0 Å². The summed E-state index contributed by atoms with van der Waals surface area (Å²) in [4.78, 5) is 0. The summed E-state index contributed by atoms with van der Waals surface area (Å²) in [7, 11) is 1.53. The standard InChI is InChI=1S/C12H17F2NO2S/c1-16-9-4-5-11(17-12(13)14)10(8-9)15-6-3-7-18-2/h4-5,8,12,15H,3,6-7H2,1-2H3. The molecule has 0 aliphatic rings. The van der Waals surface area contributed by atoms with Gasteiger partial charge >= 0.3 is 6.61 Å². The zero-order valence-corrected chi connectivity index (χ0v) is 11.2. The Balaban J connectivity index is 2.69. The van der Waals surface area contributed by atoms with E-state index in [1.54, 1.807) is 23.9 Å². The molecule has 0 saturated heterocycles. The molecule has 0 radical (unpaired) electrons. The molecule has 0 fully saturated rings. The summed E-state index contributed by atoms with van der Waals surface area (Å²) in [5.74, 6) is 1.75. The highest BCUT2D eigenvalue weighted by Crippen LogP contribution is 2.30. The van der Waals surface area contributed by atoms with Gasteiger partial charge in [0.2, 0.25) is 0 Å². The maximum Gasteiger partial charge on any atom is 0.387 e. The van der Waals surface area contributed by atoms with Crippen LogP contribution in [0.15, 0.2) is 18.2 Å². The van der Waals surface area contributed by atoms with Crippen LogP contribution in [0.25, 0.3) is 0 Å². The van der Waals surface area contributed by atoms with E-state index in [1.807, 2.05) is 6.26 Å². The van der Waals surface area contributed by atoms with Crippen molar-refractivity contribution >= 4 is 17.4 Å². The predicted molar refractivity (Wildman–Crippen MR) is 71.1 cm³/mol. The number of rotatable bonds is 8. The van der Waals surface area contributed by atoms with Crippen molar-refractivity contribution in [2.24, 2.45) is 0 Å². The Kier molecular flexibility index (Phi) is 6.64. The number of ether oxygens (including phenoxy) is 2. The van der Waals surface area contributed by atoms with Crippen LogP contribution in [-0.4, -0.2) is 32.3 Å². The normalized spacial score (nSPS) is 10.5. The van der Waals surface area contributed by atoms with Crippen LogP contribution in [-0.2, 0) is 0 Å². The molecule has 0 heterocycles. The Bertz CT molecular complexity index is 364. The van der Waals surface area contributed by atoms with Crippen molar-refractivity contribution in [3.63, 3.8) is 0 Å². The topological polar surface area (TPSA) is 30.5 Å². The van der Waals surface area contributed by atoms with Gasteiger partial charge in [-0.05, 0) is 30.6 Å². The lowest BCUT2D eigenvalue weighted by Crippen LogP contribution is -2.08. The molecule has 0 unspecified atom stereocenters. The average Bonchev–Trinajstić information content (AvgIpc) is 2.35. The molecule has 6 heteroatoms. The van der Waals surface area contributed by atoms with Crippen LogP contribution in [0.5, 0.6) is 11.5 Å². The van der Waals surface area contributed by atoms with E-state index in [0.717, 1.165) is 12.2 Å². The molecule has 0 aliphatic carbocycles. The predicted octanol–water partition coefficient (Wildman–Crippen LogP) is 3.46. The van der Waals surface area contributed by atoms with Gasteiger partial charge in [0.05, 0.1) is 12.8 Å². The number of alkyl halides is 2. The van der Waals surface area contributed by atoms with Crippen molar-refractivity contribution in [3.05, 3.63) is 18.2 Å². The van der Waals surface area contributed by atoms with Crippen LogP contribution in [0, 0.1) is 0 Å².